The van der Waals surface area contributed by atoms with E-state index in [4.69, 9.17) is 10.3 Å². The van der Waals surface area contributed by atoms with Crippen molar-refractivity contribution in [1.82, 2.24) is 15.2 Å². The van der Waals surface area contributed by atoms with Crippen LogP contribution in [0.15, 0.2) is 35.4 Å². The van der Waals surface area contributed by atoms with Crippen LogP contribution in [0.25, 0.3) is 0 Å². The highest BCUT2D eigenvalue weighted by Crippen LogP contribution is 2.17. The summed E-state index contributed by atoms with van der Waals surface area (Å²) in [6, 6.07) is 1.97. The second-order valence-electron chi connectivity index (χ2n) is 3.50. The summed E-state index contributed by atoms with van der Waals surface area (Å²) < 4.78 is 6.80. The van der Waals surface area contributed by atoms with E-state index in [9.17, 15) is 0 Å². The molecule has 0 fully saturated rings. The zero-order valence-corrected chi connectivity index (χ0v) is 8.55. The van der Waals surface area contributed by atoms with Crippen molar-refractivity contribution in [2.45, 2.75) is 12.5 Å². The van der Waals surface area contributed by atoms with Gasteiger partial charge in [-0.25, -0.2) is 0 Å². The standard InChI is InChI=1S/C10H14N4O/c1-14-6-8(5-12-14)4-10(13-11)9-2-3-15-7-9/h2-3,5-7,10,13H,4,11H2,1H3. The van der Waals surface area contributed by atoms with Gasteiger partial charge >= 0.3 is 0 Å². The first-order valence-corrected chi connectivity index (χ1v) is 4.75. The zero-order valence-electron chi connectivity index (χ0n) is 8.55. The van der Waals surface area contributed by atoms with Crippen molar-refractivity contribution in [3.8, 4) is 0 Å². The normalized spacial score (nSPS) is 12.9. The lowest BCUT2D eigenvalue weighted by Gasteiger charge is -2.12. The fourth-order valence-electron chi connectivity index (χ4n) is 1.56. The molecule has 0 aliphatic carbocycles. The molecule has 0 aromatic carbocycles. The number of aryl methyl sites for hydroxylation is 1. The summed E-state index contributed by atoms with van der Waals surface area (Å²) in [5.41, 5.74) is 4.95. The summed E-state index contributed by atoms with van der Waals surface area (Å²) >= 11 is 0. The van der Waals surface area contributed by atoms with E-state index in [2.05, 4.69) is 10.5 Å². The third-order valence-corrected chi connectivity index (χ3v) is 2.34. The number of hydrogen-bond acceptors (Lipinski definition) is 4. The van der Waals surface area contributed by atoms with Crippen LogP contribution in [0.3, 0.4) is 0 Å². The molecule has 0 radical (unpaired) electrons. The number of nitrogens with two attached hydrogens (primary N) is 1. The van der Waals surface area contributed by atoms with Crippen LogP contribution in [0.1, 0.15) is 17.2 Å². The van der Waals surface area contributed by atoms with Gasteiger partial charge in [0.1, 0.15) is 0 Å². The van der Waals surface area contributed by atoms with E-state index >= 15 is 0 Å². The van der Waals surface area contributed by atoms with E-state index in [1.807, 2.05) is 25.5 Å². The largest absolute Gasteiger partial charge is 0.472 e. The van der Waals surface area contributed by atoms with E-state index in [-0.39, 0.29) is 6.04 Å². The molecule has 0 saturated carbocycles. The Morgan fingerprint density at radius 1 is 1.67 bits per heavy atom. The molecule has 2 rings (SSSR count). The second-order valence-corrected chi connectivity index (χ2v) is 3.50. The van der Waals surface area contributed by atoms with Crippen molar-refractivity contribution in [3.05, 3.63) is 42.1 Å². The Kier molecular flexibility index (Phi) is 2.84. The molecular formula is C10H14N4O. The lowest BCUT2D eigenvalue weighted by atomic mass is 10.0. The lowest BCUT2D eigenvalue weighted by molar-refractivity contribution is 0.525. The van der Waals surface area contributed by atoms with Gasteiger partial charge in [-0.1, -0.05) is 0 Å². The monoisotopic (exact) mass is 206 g/mol. The third kappa shape index (κ3) is 2.26. The Labute approximate surface area is 87.8 Å². The minimum Gasteiger partial charge on any atom is -0.472 e. The molecule has 0 spiro atoms. The minimum atomic E-state index is 0.0629. The summed E-state index contributed by atoms with van der Waals surface area (Å²) in [5.74, 6) is 5.50. The fraction of sp³-hybridized carbons (Fsp3) is 0.300. The van der Waals surface area contributed by atoms with Crippen LogP contribution >= 0.6 is 0 Å². The Hall–Kier alpha value is -1.59. The smallest absolute Gasteiger partial charge is 0.0950 e. The van der Waals surface area contributed by atoms with Gasteiger partial charge in [0, 0.05) is 18.8 Å². The number of hydrogen-bond donors (Lipinski definition) is 2. The first kappa shape index (κ1) is 9.95. The molecule has 2 aromatic rings. The minimum absolute atomic E-state index is 0.0629. The molecule has 1 unspecified atom stereocenters. The summed E-state index contributed by atoms with van der Waals surface area (Å²) in [7, 11) is 1.90. The topological polar surface area (TPSA) is 69.0 Å². The average Bonchev–Trinajstić information content (AvgIpc) is 2.85. The molecule has 2 aromatic heterocycles. The van der Waals surface area contributed by atoms with Gasteiger partial charge < -0.3 is 4.42 Å². The summed E-state index contributed by atoms with van der Waals surface area (Å²) in [4.78, 5) is 0. The van der Waals surface area contributed by atoms with Gasteiger partial charge in [0.05, 0.1) is 24.8 Å². The van der Waals surface area contributed by atoms with Gasteiger partial charge in [0.15, 0.2) is 0 Å². The highest BCUT2D eigenvalue weighted by molar-refractivity contribution is 5.16. The van der Waals surface area contributed by atoms with E-state index in [0.29, 0.717) is 0 Å². The van der Waals surface area contributed by atoms with Crippen LogP contribution in [-0.2, 0) is 13.5 Å². The average molecular weight is 206 g/mol. The van der Waals surface area contributed by atoms with Crippen LogP contribution in [0, 0.1) is 0 Å². The number of nitrogens with one attached hydrogen (secondary N) is 1. The van der Waals surface area contributed by atoms with Crippen molar-refractivity contribution in [1.29, 1.82) is 0 Å². The molecule has 5 nitrogen and oxygen atoms in total. The van der Waals surface area contributed by atoms with Crippen LogP contribution < -0.4 is 11.3 Å². The first-order chi connectivity index (χ1) is 7.29. The summed E-state index contributed by atoms with van der Waals surface area (Å²) in [6.45, 7) is 0. The zero-order chi connectivity index (χ0) is 10.7. The number of rotatable bonds is 4. The second kappa shape index (κ2) is 4.29. The van der Waals surface area contributed by atoms with E-state index < -0.39 is 0 Å². The third-order valence-electron chi connectivity index (χ3n) is 2.34. The molecule has 0 bridgehead atoms. The molecule has 0 saturated heterocycles. The number of aromatic nitrogens is 2. The number of nitrogens with zero attached hydrogens (tertiary/aromatic N) is 2. The predicted octanol–water partition coefficient (Wildman–Crippen LogP) is 0.760. The van der Waals surface area contributed by atoms with Crippen LogP contribution in [0.5, 0.6) is 0 Å². The molecule has 2 heterocycles. The molecule has 0 aliphatic heterocycles. The van der Waals surface area contributed by atoms with Gasteiger partial charge in [-0.15, -0.1) is 0 Å². The molecule has 5 heteroatoms. The highest BCUT2D eigenvalue weighted by Gasteiger charge is 2.12. The van der Waals surface area contributed by atoms with Gasteiger partial charge in [-0.05, 0) is 18.1 Å². The molecule has 15 heavy (non-hydrogen) atoms. The van der Waals surface area contributed by atoms with Crippen molar-refractivity contribution in [3.63, 3.8) is 0 Å². The maximum atomic E-state index is 5.50. The van der Waals surface area contributed by atoms with Crippen molar-refractivity contribution >= 4 is 0 Å². The van der Waals surface area contributed by atoms with Gasteiger partial charge in [0.2, 0.25) is 0 Å². The van der Waals surface area contributed by atoms with Gasteiger partial charge in [-0.2, -0.15) is 5.10 Å². The Balaban J connectivity index is 2.09. The van der Waals surface area contributed by atoms with Crippen LogP contribution in [-0.4, -0.2) is 9.78 Å². The van der Waals surface area contributed by atoms with E-state index in [0.717, 1.165) is 17.5 Å². The lowest BCUT2D eigenvalue weighted by Crippen LogP contribution is -2.29. The van der Waals surface area contributed by atoms with Crippen LogP contribution in [0.2, 0.25) is 0 Å². The van der Waals surface area contributed by atoms with Crippen molar-refractivity contribution in [2.24, 2.45) is 12.9 Å². The molecule has 80 valence electrons. The molecule has 0 amide bonds. The molecular weight excluding hydrogens is 192 g/mol. The van der Waals surface area contributed by atoms with Crippen LogP contribution in [0.4, 0.5) is 0 Å². The molecule has 0 aliphatic rings. The van der Waals surface area contributed by atoms with Crippen molar-refractivity contribution in [2.75, 3.05) is 0 Å². The Morgan fingerprint density at radius 3 is 3.07 bits per heavy atom. The summed E-state index contributed by atoms with van der Waals surface area (Å²) in [5, 5.41) is 4.11. The van der Waals surface area contributed by atoms with Gasteiger partial charge in [0.25, 0.3) is 0 Å². The maximum Gasteiger partial charge on any atom is 0.0950 e. The summed E-state index contributed by atoms with van der Waals surface area (Å²) in [6.07, 6.45) is 7.95. The number of furan rings is 1. The maximum absolute atomic E-state index is 5.50. The Bertz CT molecular complexity index is 407. The Morgan fingerprint density at radius 2 is 2.53 bits per heavy atom. The van der Waals surface area contributed by atoms with E-state index in [1.165, 1.54) is 0 Å². The van der Waals surface area contributed by atoms with E-state index in [1.54, 1.807) is 17.2 Å². The van der Waals surface area contributed by atoms with Gasteiger partial charge in [-0.3, -0.25) is 16.0 Å². The molecule has 3 N–H and O–H groups in total. The predicted molar refractivity (Wildman–Crippen MR) is 55.7 cm³/mol. The SMILES string of the molecule is Cn1cc(CC(NN)c2ccoc2)cn1. The fourth-order valence-corrected chi connectivity index (χ4v) is 1.56. The molecule has 1 atom stereocenters. The number of hydrazine groups is 1. The highest BCUT2D eigenvalue weighted by atomic mass is 16.3. The van der Waals surface area contributed by atoms with Crippen molar-refractivity contribution < 1.29 is 4.42 Å². The quantitative estimate of drug-likeness (QED) is 0.572. The first-order valence-electron chi connectivity index (χ1n) is 4.75.